The summed E-state index contributed by atoms with van der Waals surface area (Å²) in [6.07, 6.45) is 0. The van der Waals surface area contributed by atoms with Crippen LogP contribution in [0, 0.1) is 10.1 Å². The lowest BCUT2D eigenvalue weighted by Crippen LogP contribution is -2.21. The highest BCUT2D eigenvalue weighted by molar-refractivity contribution is 5.96. The minimum atomic E-state index is -0.837. The summed E-state index contributed by atoms with van der Waals surface area (Å²) in [4.78, 5) is 36.4. The number of carbonyl (C=O) groups is 2. The number of hydrogen-bond acceptors (Lipinski definition) is 8. The number of esters is 1. The summed E-state index contributed by atoms with van der Waals surface area (Å²) in [6, 6.07) is 8.89. The van der Waals surface area contributed by atoms with Crippen LogP contribution in [-0.4, -0.2) is 50.7 Å². The van der Waals surface area contributed by atoms with Crippen molar-refractivity contribution in [1.29, 1.82) is 0 Å². The molecule has 0 radical (unpaired) electrons. The fraction of sp³-hybridized carbons (Fsp3) is 0.263. The van der Waals surface area contributed by atoms with Crippen LogP contribution >= 0.6 is 0 Å². The van der Waals surface area contributed by atoms with E-state index in [1.165, 1.54) is 12.1 Å². The van der Waals surface area contributed by atoms with Crippen molar-refractivity contribution in [2.24, 2.45) is 0 Å². The monoisotopic (exact) mass is 401 g/mol. The molecular formula is C19H19N3O7. The van der Waals surface area contributed by atoms with Gasteiger partial charge in [0.1, 0.15) is 18.9 Å². The third kappa shape index (κ3) is 4.72. The van der Waals surface area contributed by atoms with Crippen LogP contribution in [0.5, 0.6) is 11.5 Å². The van der Waals surface area contributed by atoms with Crippen molar-refractivity contribution in [1.82, 2.24) is 0 Å². The number of rotatable bonds is 6. The Bertz CT molecular complexity index is 959. The Kier molecular flexibility index (Phi) is 5.82. The number of hydrogen-bond donors (Lipinski definition) is 1. The van der Waals surface area contributed by atoms with E-state index in [4.69, 9.17) is 14.2 Å². The number of carbonyl (C=O) groups excluding carboxylic acids is 2. The second-order valence-corrected chi connectivity index (χ2v) is 6.34. The second-order valence-electron chi connectivity index (χ2n) is 6.34. The fourth-order valence-electron chi connectivity index (χ4n) is 2.71. The van der Waals surface area contributed by atoms with E-state index in [9.17, 15) is 19.7 Å². The maximum atomic E-state index is 12.2. The van der Waals surface area contributed by atoms with E-state index < -0.39 is 23.4 Å². The molecule has 1 amide bonds. The Morgan fingerprint density at radius 1 is 1.14 bits per heavy atom. The third-order valence-electron chi connectivity index (χ3n) is 4.05. The summed E-state index contributed by atoms with van der Waals surface area (Å²) in [5.41, 5.74) is 0.559. The van der Waals surface area contributed by atoms with E-state index in [1.807, 2.05) is 0 Å². The van der Waals surface area contributed by atoms with Crippen molar-refractivity contribution in [3.63, 3.8) is 0 Å². The van der Waals surface area contributed by atoms with E-state index in [1.54, 1.807) is 37.2 Å². The lowest BCUT2D eigenvalue weighted by atomic mass is 10.1. The molecule has 0 spiro atoms. The molecule has 152 valence electrons. The maximum absolute atomic E-state index is 12.2. The SMILES string of the molecule is CN(C)c1ccc(C(=O)OCC(=O)Nc2ccc3c(c2)OCCO3)cc1[N+](=O)[O-]. The summed E-state index contributed by atoms with van der Waals surface area (Å²) in [7, 11) is 3.31. The number of anilines is 2. The molecule has 1 aliphatic heterocycles. The van der Waals surface area contributed by atoms with E-state index in [0.29, 0.717) is 36.1 Å². The Hall–Kier alpha value is -3.82. The molecule has 0 atom stereocenters. The van der Waals surface area contributed by atoms with Gasteiger partial charge in [0.15, 0.2) is 18.1 Å². The van der Waals surface area contributed by atoms with Gasteiger partial charge in [-0.15, -0.1) is 0 Å². The van der Waals surface area contributed by atoms with E-state index >= 15 is 0 Å². The summed E-state index contributed by atoms with van der Waals surface area (Å²) in [5, 5.41) is 13.8. The number of nitro benzene ring substituents is 1. The molecule has 0 unspecified atom stereocenters. The number of nitrogens with zero attached hydrogens (tertiary/aromatic N) is 2. The quantitative estimate of drug-likeness (QED) is 0.444. The molecule has 0 bridgehead atoms. The Balaban J connectivity index is 1.61. The molecule has 10 heteroatoms. The Morgan fingerprint density at radius 2 is 1.86 bits per heavy atom. The zero-order valence-corrected chi connectivity index (χ0v) is 15.8. The van der Waals surface area contributed by atoms with Gasteiger partial charge in [-0.3, -0.25) is 14.9 Å². The first-order valence-corrected chi connectivity index (χ1v) is 8.67. The first kappa shape index (κ1) is 19.9. The Morgan fingerprint density at radius 3 is 2.55 bits per heavy atom. The van der Waals surface area contributed by atoms with Gasteiger partial charge >= 0.3 is 5.97 Å². The molecule has 1 heterocycles. The van der Waals surface area contributed by atoms with Crippen LogP contribution < -0.4 is 19.7 Å². The van der Waals surface area contributed by atoms with Crippen LogP contribution in [0.4, 0.5) is 17.1 Å². The van der Waals surface area contributed by atoms with Gasteiger partial charge in [-0.25, -0.2) is 4.79 Å². The minimum Gasteiger partial charge on any atom is -0.486 e. The zero-order chi connectivity index (χ0) is 21.0. The van der Waals surface area contributed by atoms with Gasteiger partial charge in [0.2, 0.25) is 0 Å². The number of fused-ring (bicyclic) bond motifs is 1. The number of nitro groups is 1. The van der Waals surface area contributed by atoms with Gasteiger partial charge in [-0.1, -0.05) is 0 Å². The van der Waals surface area contributed by atoms with Gasteiger partial charge in [0.25, 0.3) is 11.6 Å². The molecular weight excluding hydrogens is 382 g/mol. The molecule has 0 saturated carbocycles. The summed E-state index contributed by atoms with van der Waals surface area (Å²) >= 11 is 0. The number of nitrogens with one attached hydrogen (secondary N) is 1. The predicted octanol–water partition coefficient (Wildman–Crippen LogP) is 2.23. The smallest absolute Gasteiger partial charge is 0.338 e. The average molecular weight is 401 g/mol. The highest BCUT2D eigenvalue weighted by atomic mass is 16.6. The van der Waals surface area contributed by atoms with Crippen molar-refractivity contribution in [3.05, 3.63) is 52.1 Å². The van der Waals surface area contributed by atoms with Gasteiger partial charge in [-0.2, -0.15) is 0 Å². The molecule has 2 aromatic rings. The molecule has 1 N–H and O–H groups in total. The predicted molar refractivity (Wildman–Crippen MR) is 104 cm³/mol. The maximum Gasteiger partial charge on any atom is 0.338 e. The molecule has 1 aliphatic rings. The normalized spacial score (nSPS) is 12.1. The summed E-state index contributed by atoms with van der Waals surface area (Å²) in [6.45, 7) is 0.333. The third-order valence-corrected chi connectivity index (χ3v) is 4.05. The van der Waals surface area contributed by atoms with Crippen LogP contribution in [0.15, 0.2) is 36.4 Å². The molecule has 2 aromatic carbocycles. The molecule has 10 nitrogen and oxygen atoms in total. The molecule has 0 saturated heterocycles. The molecule has 0 aliphatic carbocycles. The average Bonchev–Trinajstić information content (AvgIpc) is 2.71. The van der Waals surface area contributed by atoms with Crippen LogP contribution in [0.25, 0.3) is 0 Å². The topological polar surface area (TPSA) is 120 Å². The van der Waals surface area contributed by atoms with Crippen LogP contribution in [0.2, 0.25) is 0 Å². The first-order valence-electron chi connectivity index (χ1n) is 8.67. The molecule has 3 rings (SSSR count). The van der Waals surface area contributed by atoms with Gasteiger partial charge in [0, 0.05) is 31.9 Å². The fourth-order valence-corrected chi connectivity index (χ4v) is 2.71. The highest BCUT2D eigenvalue weighted by Crippen LogP contribution is 2.32. The van der Waals surface area contributed by atoms with E-state index in [2.05, 4.69) is 5.32 Å². The largest absolute Gasteiger partial charge is 0.486 e. The van der Waals surface area contributed by atoms with Gasteiger partial charge < -0.3 is 24.4 Å². The molecule has 0 fully saturated rings. The lowest BCUT2D eigenvalue weighted by Gasteiger charge is -2.19. The number of amides is 1. The van der Waals surface area contributed by atoms with Crippen LogP contribution in [0.3, 0.4) is 0 Å². The number of ether oxygens (including phenoxy) is 3. The zero-order valence-electron chi connectivity index (χ0n) is 15.8. The Labute approximate surface area is 166 Å². The summed E-state index contributed by atoms with van der Waals surface area (Å²) < 4.78 is 15.8. The van der Waals surface area contributed by atoms with Crippen molar-refractivity contribution < 1.29 is 28.7 Å². The van der Waals surface area contributed by atoms with Crippen LogP contribution in [0.1, 0.15) is 10.4 Å². The van der Waals surface area contributed by atoms with Crippen molar-refractivity contribution in [2.75, 3.05) is 44.1 Å². The standard InChI is InChI=1S/C19H19N3O7/c1-21(2)14-5-3-12(9-15(14)22(25)26)19(24)29-11-18(23)20-13-4-6-16-17(10-13)28-8-7-27-16/h3-6,9-10H,7-8,11H2,1-2H3,(H,20,23). The lowest BCUT2D eigenvalue weighted by molar-refractivity contribution is -0.384. The van der Waals surface area contributed by atoms with Crippen LogP contribution in [-0.2, 0) is 9.53 Å². The van der Waals surface area contributed by atoms with Crippen molar-refractivity contribution in [2.45, 2.75) is 0 Å². The molecule has 0 aromatic heterocycles. The van der Waals surface area contributed by atoms with Gasteiger partial charge in [0.05, 0.1) is 10.5 Å². The van der Waals surface area contributed by atoms with E-state index in [0.717, 1.165) is 6.07 Å². The summed E-state index contributed by atoms with van der Waals surface area (Å²) in [5.74, 6) is -0.298. The van der Waals surface area contributed by atoms with E-state index in [-0.39, 0.29) is 11.3 Å². The minimum absolute atomic E-state index is 0.0190. The molecule has 29 heavy (non-hydrogen) atoms. The van der Waals surface area contributed by atoms with Crippen molar-refractivity contribution >= 4 is 28.9 Å². The number of benzene rings is 2. The van der Waals surface area contributed by atoms with Crippen molar-refractivity contribution in [3.8, 4) is 11.5 Å². The van der Waals surface area contributed by atoms with Gasteiger partial charge in [-0.05, 0) is 24.3 Å². The second kappa shape index (κ2) is 8.46. The highest BCUT2D eigenvalue weighted by Gasteiger charge is 2.20. The first-order chi connectivity index (χ1) is 13.8.